The lowest BCUT2D eigenvalue weighted by molar-refractivity contribution is 0.219. The first kappa shape index (κ1) is 13.3. The molecule has 1 aliphatic rings. The molecule has 0 saturated heterocycles. The summed E-state index contributed by atoms with van der Waals surface area (Å²) in [5, 5.41) is 0. The third-order valence-corrected chi connectivity index (χ3v) is 4.28. The Labute approximate surface area is 119 Å². The van der Waals surface area contributed by atoms with Crippen LogP contribution >= 0.6 is 0 Å². The summed E-state index contributed by atoms with van der Waals surface area (Å²) in [7, 11) is 0. The normalized spacial score (nSPS) is 18.0. The summed E-state index contributed by atoms with van der Waals surface area (Å²) in [6.07, 6.45) is 4.49. The van der Waals surface area contributed by atoms with E-state index in [4.69, 9.17) is 10.5 Å². The van der Waals surface area contributed by atoms with Crippen LogP contribution in [0.2, 0.25) is 0 Å². The number of nitrogen functional groups attached to an aromatic ring is 1. The summed E-state index contributed by atoms with van der Waals surface area (Å²) in [4.78, 5) is 4.51. The minimum atomic E-state index is 0.601. The van der Waals surface area contributed by atoms with Crippen molar-refractivity contribution >= 4 is 17.0 Å². The van der Waals surface area contributed by atoms with Crippen molar-refractivity contribution in [2.45, 2.75) is 46.1 Å². The summed E-state index contributed by atoms with van der Waals surface area (Å²) < 4.78 is 8.09. The predicted octanol–water partition coefficient (Wildman–Crippen LogP) is 3.38. The first-order valence-electron chi connectivity index (χ1n) is 7.65. The zero-order chi connectivity index (χ0) is 14.1. The number of benzene rings is 1. The van der Waals surface area contributed by atoms with Crippen LogP contribution in [0.15, 0.2) is 12.1 Å². The average Bonchev–Trinajstić information content (AvgIpc) is 2.80. The second-order valence-electron chi connectivity index (χ2n) is 5.67. The molecule has 0 aliphatic carbocycles. The Kier molecular flexibility index (Phi) is 3.55. The molecule has 108 valence electrons. The lowest BCUT2D eigenvalue weighted by Gasteiger charge is -2.25. The Morgan fingerprint density at radius 2 is 2.25 bits per heavy atom. The maximum absolute atomic E-state index is 6.11. The molecular formula is C16H23N3O. The Morgan fingerprint density at radius 3 is 3.00 bits per heavy atom. The van der Waals surface area contributed by atoms with E-state index < -0.39 is 0 Å². The SMILES string of the molecule is CCCCn1c(N)nc2ccc3c(c21)CC(CC)CO3. The van der Waals surface area contributed by atoms with E-state index in [0.29, 0.717) is 11.9 Å². The molecule has 4 nitrogen and oxygen atoms in total. The highest BCUT2D eigenvalue weighted by molar-refractivity contribution is 5.84. The van der Waals surface area contributed by atoms with Crippen LogP contribution < -0.4 is 10.5 Å². The largest absolute Gasteiger partial charge is 0.493 e. The monoisotopic (exact) mass is 273 g/mol. The van der Waals surface area contributed by atoms with Crippen LogP contribution in [0.25, 0.3) is 11.0 Å². The van der Waals surface area contributed by atoms with E-state index >= 15 is 0 Å². The highest BCUT2D eigenvalue weighted by atomic mass is 16.5. The van der Waals surface area contributed by atoms with Crippen LogP contribution in [0, 0.1) is 5.92 Å². The number of nitrogens with zero attached hydrogens (tertiary/aromatic N) is 2. The van der Waals surface area contributed by atoms with E-state index in [9.17, 15) is 0 Å². The van der Waals surface area contributed by atoms with Crippen molar-refractivity contribution in [2.75, 3.05) is 12.3 Å². The van der Waals surface area contributed by atoms with Gasteiger partial charge in [-0.15, -0.1) is 0 Å². The molecule has 0 saturated carbocycles. The molecule has 1 unspecified atom stereocenters. The van der Waals surface area contributed by atoms with Gasteiger partial charge >= 0.3 is 0 Å². The zero-order valence-corrected chi connectivity index (χ0v) is 12.4. The van der Waals surface area contributed by atoms with Gasteiger partial charge in [0.2, 0.25) is 5.95 Å². The summed E-state index contributed by atoms with van der Waals surface area (Å²) in [6, 6.07) is 4.07. The van der Waals surface area contributed by atoms with Crippen molar-refractivity contribution in [3.8, 4) is 5.75 Å². The predicted molar refractivity (Wildman–Crippen MR) is 82.0 cm³/mol. The maximum atomic E-state index is 6.11. The summed E-state index contributed by atoms with van der Waals surface area (Å²) >= 11 is 0. The number of hydrogen-bond acceptors (Lipinski definition) is 3. The van der Waals surface area contributed by atoms with Gasteiger partial charge in [0, 0.05) is 12.1 Å². The van der Waals surface area contributed by atoms with Crippen LogP contribution in [0.3, 0.4) is 0 Å². The summed E-state index contributed by atoms with van der Waals surface area (Å²) in [5.74, 6) is 2.24. The van der Waals surface area contributed by atoms with Gasteiger partial charge in [0.05, 0.1) is 17.6 Å². The van der Waals surface area contributed by atoms with Crippen molar-refractivity contribution in [2.24, 2.45) is 5.92 Å². The second-order valence-corrected chi connectivity index (χ2v) is 5.67. The van der Waals surface area contributed by atoms with Crippen LogP contribution in [0.1, 0.15) is 38.7 Å². The van der Waals surface area contributed by atoms with E-state index in [-0.39, 0.29) is 0 Å². The van der Waals surface area contributed by atoms with Crippen LogP contribution in [-0.2, 0) is 13.0 Å². The van der Waals surface area contributed by atoms with Crippen molar-refractivity contribution in [3.63, 3.8) is 0 Å². The molecular weight excluding hydrogens is 250 g/mol. The van der Waals surface area contributed by atoms with Gasteiger partial charge in [-0.05, 0) is 37.3 Å². The van der Waals surface area contributed by atoms with Gasteiger partial charge in [0.25, 0.3) is 0 Å². The number of ether oxygens (including phenoxy) is 1. The molecule has 0 amide bonds. The highest BCUT2D eigenvalue weighted by Crippen LogP contribution is 2.35. The molecule has 1 aromatic heterocycles. The van der Waals surface area contributed by atoms with Gasteiger partial charge in [0.15, 0.2) is 0 Å². The summed E-state index contributed by atoms with van der Waals surface area (Å²) in [6.45, 7) is 6.18. The standard InChI is InChI=1S/C16H23N3O/c1-3-5-8-19-15-12-9-11(4-2)10-20-14(12)7-6-13(15)18-16(19)17/h6-7,11H,3-5,8-10H2,1-2H3,(H2,17,18). The Morgan fingerprint density at radius 1 is 1.40 bits per heavy atom. The van der Waals surface area contributed by atoms with Gasteiger partial charge in [-0.1, -0.05) is 20.3 Å². The Bertz CT molecular complexity index is 618. The molecule has 1 aromatic carbocycles. The number of fused-ring (bicyclic) bond motifs is 3. The van der Waals surface area contributed by atoms with Gasteiger partial charge in [-0.3, -0.25) is 0 Å². The molecule has 0 bridgehead atoms. The number of unbranched alkanes of at least 4 members (excludes halogenated alkanes) is 1. The number of nitrogens with two attached hydrogens (primary N) is 1. The average molecular weight is 273 g/mol. The van der Waals surface area contributed by atoms with Crippen LogP contribution in [-0.4, -0.2) is 16.2 Å². The van der Waals surface area contributed by atoms with Gasteiger partial charge in [0.1, 0.15) is 5.75 Å². The minimum Gasteiger partial charge on any atom is -0.493 e. The molecule has 0 spiro atoms. The van der Waals surface area contributed by atoms with E-state index in [0.717, 1.165) is 50.1 Å². The van der Waals surface area contributed by atoms with Gasteiger partial charge in [-0.25, -0.2) is 4.98 Å². The van der Waals surface area contributed by atoms with Crippen LogP contribution in [0.4, 0.5) is 5.95 Å². The molecule has 1 aliphatic heterocycles. The zero-order valence-electron chi connectivity index (χ0n) is 12.4. The third kappa shape index (κ3) is 2.13. The molecule has 4 heteroatoms. The molecule has 2 aromatic rings. The van der Waals surface area contributed by atoms with E-state index in [1.165, 1.54) is 11.1 Å². The van der Waals surface area contributed by atoms with Gasteiger partial charge in [-0.2, -0.15) is 0 Å². The number of aromatic nitrogens is 2. The number of rotatable bonds is 4. The second kappa shape index (κ2) is 5.35. The van der Waals surface area contributed by atoms with E-state index in [2.05, 4.69) is 23.4 Å². The molecule has 2 heterocycles. The topological polar surface area (TPSA) is 53.1 Å². The first-order chi connectivity index (χ1) is 9.74. The quantitative estimate of drug-likeness (QED) is 0.929. The number of imidazole rings is 1. The molecule has 0 fully saturated rings. The van der Waals surface area contributed by atoms with Crippen molar-refractivity contribution < 1.29 is 4.74 Å². The summed E-state index contributed by atoms with van der Waals surface area (Å²) in [5.41, 5.74) is 9.58. The van der Waals surface area contributed by atoms with Gasteiger partial charge < -0.3 is 15.0 Å². The van der Waals surface area contributed by atoms with Crippen molar-refractivity contribution in [1.29, 1.82) is 0 Å². The fourth-order valence-electron chi connectivity index (χ4n) is 2.99. The van der Waals surface area contributed by atoms with Crippen molar-refractivity contribution in [3.05, 3.63) is 17.7 Å². The smallest absolute Gasteiger partial charge is 0.201 e. The fourth-order valence-corrected chi connectivity index (χ4v) is 2.99. The number of anilines is 1. The molecule has 3 rings (SSSR count). The molecule has 1 atom stereocenters. The van der Waals surface area contributed by atoms with E-state index in [1.807, 2.05) is 12.1 Å². The fraction of sp³-hybridized carbons (Fsp3) is 0.562. The minimum absolute atomic E-state index is 0.601. The molecule has 2 N–H and O–H groups in total. The van der Waals surface area contributed by atoms with Crippen molar-refractivity contribution in [1.82, 2.24) is 9.55 Å². The Balaban J connectivity index is 2.12. The lowest BCUT2D eigenvalue weighted by atomic mass is 9.93. The molecule has 0 radical (unpaired) electrons. The third-order valence-electron chi connectivity index (χ3n) is 4.28. The van der Waals surface area contributed by atoms with E-state index in [1.54, 1.807) is 0 Å². The number of aryl methyl sites for hydroxylation is 1. The number of hydrogen-bond donors (Lipinski definition) is 1. The molecule has 20 heavy (non-hydrogen) atoms. The lowest BCUT2D eigenvalue weighted by Crippen LogP contribution is -2.21. The highest BCUT2D eigenvalue weighted by Gasteiger charge is 2.23. The first-order valence-corrected chi connectivity index (χ1v) is 7.65. The van der Waals surface area contributed by atoms with Crippen LogP contribution in [0.5, 0.6) is 5.75 Å². The Hall–Kier alpha value is -1.71. The maximum Gasteiger partial charge on any atom is 0.201 e.